The third-order valence-electron chi connectivity index (χ3n) is 2.46. The number of hydrogen-bond donors (Lipinski definition) is 1. The van der Waals surface area contributed by atoms with Crippen LogP contribution in [-0.2, 0) is 4.79 Å². The molecule has 0 spiro atoms. The molecule has 1 aliphatic rings. The van der Waals surface area contributed by atoms with E-state index in [2.05, 4.69) is 4.98 Å². The molecule has 1 aliphatic carbocycles. The largest absolute Gasteiger partial charge is 0.480 e. The lowest BCUT2D eigenvalue weighted by atomic mass is 10.2. The fourth-order valence-electron chi connectivity index (χ4n) is 1.57. The molecule has 1 aromatic heterocycles. The Morgan fingerprint density at radius 1 is 1.69 bits per heavy atom. The molecule has 82 valence electrons. The Morgan fingerprint density at radius 3 is 3.00 bits per heavy atom. The molecule has 0 aliphatic heterocycles. The summed E-state index contributed by atoms with van der Waals surface area (Å²) >= 11 is 0. The Hall–Kier alpha value is -2.09. The predicted molar refractivity (Wildman–Crippen MR) is 57.0 cm³/mol. The maximum absolute atomic E-state index is 10.7. The standard InChI is InChI=1S/C11H11N3O2/c12-6-8-3-4-13-10(5-8)14(7-11(15)16)9-1-2-9/h3-5,9H,1-2,7H2,(H,15,16). The van der Waals surface area contributed by atoms with E-state index in [4.69, 9.17) is 10.4 Å². The number of carboxylic acids is 1. The highest BCUT2D eigenvalue weighted by Gasteiger charge is 2.31. The summed E-state index contributed by atoms with van der Waals surface area (Å²) < 4.78 is 0. The zero-order valence-electron chi connectivity index (χ0n) is 8.63. The van der Waals surface area contributed by atoms with Crippen LogP contribution in [0.25, 0.3) is 0 Å². The van der Waals surface area contributed by atoms with E-state index in [-0.39, 0.29) is 12.6 Å². The van der Waals surface area contributed by atoms with Crippen LogP contribution in [-0.4, -0.2) is 28.6 Å². The Morgan fingerprint density at radius 2 is 2.44 bits per heavy atom. The van der Waals surface area contributed by atoms with Crippen LogP contribution in [0.3, 0.4) is 0 Å². The third-order valence-corrected chi connectivity index (χ3v) is 2.46. The van der Waals surface area contributed by atoms with Crippen LogP contribution in [0.4, 0.5) is 5.82 Å². The predicted octanol–water partition coefficient (Wildman–Crippen LogP) is 1.01. The number of carbonyl (C=O) groups is 1. The number of nitriles is 1. The van der Waals surface area contributed by atoms with Crippen molar-refractivity contribution in [2.24, 2.45) is 0 Å². The minimum absolute atomic E-state index is 0.0629. The minimum Gasteiger partial charge on any atom is -0.480 e. The Labute approximate surface area is 92.9 Å². The van der Waals surface area contributed by atoms with Gasteiger partial charge in [-0.15, -0.1) is 0 Å². The summed E-state index contributed by atoms with van der Waals surface area (Å²) in [5.41, 5.74) is 0.501. The highest BCUT2D eigenvalue weighted by Crippen LogP contribution is 2.30. The van der Waals surface area contributed by atoms with Gasteiger partial charge in [0.2, 0.25) is 0 Å². The molecule has 1 heterocycles. The first-order valence-corrected chi connectivity index (χ1v) is 5.05. The van der Waals surface area contributed by atoms with Crippen LogP contribution in [0.2, 0.25) is 0 Å². The van der Waals surface area contributed by atoms with Crippen molar-refractivity contribution in [2.45, 2.75) is 18.9 Å². The van der Waals surface area contributed by atoms with E-state index in [9.17, 15) is 4.79 Å². The molecule has 1 fully saturated rings. The summed E-state index contributed by atoms with van der Waals surface area (Å²) in [5, 5.41) is 17.6. The molecule has 1 saturated carbocycles. The van der Waals surface area contributed by atoms with E-state index in [0.29, 0.717) is 11.4 Å². The van der Waals surface area contributed by atoms with Crippen molar-refractivity contribution in [3.05, 3.63) is 23.9 Å². The molecule has 0 saturated heterocycles. The SMILES string of the molecule is N#Cc1ccnc(N(CC(=O)O)C2CC2)c1. The number of carboxylic acid groups (broad SMARTS) is 1. The quantitative estimate of drug-likeness (QED) is 0.814. The molecular weight excluding hydrogens is 206 g/mol. The second kappa shape index (κ2) is 4.19. The molecular formula is C11H11N3O2. The number of aromatic nitrogens is 1. The van der Waals surface area contributed by atoms with Gasteiger partial charge >= 0.3 is 5.97 Å². The molecule has 0 aromatic carbocycles. The van der Waals surface area contributed by atoms with E-state index in [1.807, 2.05) is 6.07 Å². The Balaban J connectivity index is 2.24. The van der Waals surface area contributed by atoms with E-state index in [0.717, 1.165) is 12.8 Å². The number of pyridine rings is 1. The lowest BCUT2D eigenvalue weighted by molar-refractivity contribution is -0.135. The summed E-state index contributed by atoms with van der Waals surface area (Å²) in [7, 11) is 0. The van der Waals surface area contributed by atoms with Gasteiger partial charge < -0.3 is 10.0 Å². The number of nitrogens with zero attached hydrogens (tertiary/aromatic N) is 3. The Bertz CT molecular complexity index is 449. The van der Waals surface area contributed by atoms with E-state index in [1.54, 1.807) is 17.0 Å². The van der Waals surface area contributed by atoms with Gasteiger partial charge in [-0.1, -0.05) is 0 Å². The summed E-state index contributed by atoms with van der Waals surface area (Å²) in [4.78, 5) is 16.6. The molecule has 0 bridgehead atoms. The summed E-state index contributed by atoms with van der Waals surface area (Å²) in [6.07, 6.45) is 3.52. The number of rotatable bonds is 4. The smallest absolute Gasteiger partial charge is 0.323 e. The van der Waals surface area contributed by atoms with Crippen molar-refractivity contribution in [2.75, 3.05) is 11.4 Å². The first-order chi connectivity index (χ1) is 7.70. The second-order valence-corrected chi connectivity index (χ2v) is 3.77. The fourth-order valence-corrected chi connectivity index (χ4v) is 1.57. The van der Waals surface area contributed by atoms with Crippen molar-refractivity contribution < 1.29 is 9.90 Å². The zero-order chi connectivity index (χ0) is 11.5. The van der Waals surface area contributed by atoms with Gasteiger partial charge in [0.1, 0.15) is 12.4 Å². The maximum atomic E-state index is 10.7. The molecule has 0 amide bonds. The summed E-state index contributed by atoms with van der Waals surface area (Å²) in [5.74, 6) is -0.306. The zero-order valence-corrected chi connectivity index (χ0v) is 8.63. The van der Waals surface area contributed by atoms with E-state index in [1.165, 1.54) is 6.20 Å². The van der Waals surface area contributed by atoms with Gasteiger partial charge in [0.05, 0.1) is 11.6 Å². The van der Waals surface area contributed by atoms with Gasteiger partial charge in [-0.25, -0.2) is 4.98 Å². The first kappa shape index (κ1) is 10.4. The number of aliphatic carboxylic acids is 1. The minimum atomic E-state index is -0.879. The average molecular weight is 217 g/mol. The molecule has 16 heavy (non-hydrogen) atoms. The molecule has 2 rings (SSSR count). The average Bonchev–Trinajstić information content (AvgIpc) is 3.09. The van der Waals surface area contributed by atoms with E-state index < -0.39 is 5.97 Å². The van der Waals surface area contributed by atoms with Crippen LogP contribution in [0.15, 0.2) is 18.3 Å². The van der Waals surface area contributed by atoms with Crippen LogP contribution < -0.4 is 4.90 Å². The van der Waals surface area contributed by atoms with Crippen molar-refractivity contribution in [1.29, 1.82) is 5.26 Å². The van der Waals surface area contributed by atoms with Gasteiger partial charge in [0, 0.05) is 12.2 Å². The normalized spacial score (nSPS) is 14.2. The fraction of sp³-hybridized carbons (Fsp3) is 0.364. The topological polar surface area (TPSA) is 77.2 Å². The molecule has 5 heteroatoms. The lowest BCUT2D eigenvalue weighted by Gasteiger charge is -2.21. The van der Waals surface area contributed by atoms with Gasteiger partial charge in [-0.3, -0.25) is 4.79 Å². The number of anilines is 1. The Kier molecular flexibility index (Phi) is 2.73. The molecule has 0 atom stereocenters. The lowest BCUT2D eigenvalue weighted by Crippen LogP contribution is -2.32. The highest BCUT2D eigenvalue weighted by atomic mass is 16.4. The van der Waals surface area contributed by atoms with Crippen LogP contribution in [0.1, 0.15) is 18.4 Å². The first-order valence-electron chi connectivity index (χ1n) is 5.05. The third kappa shape index (κ3) is 2.28. The molecule has 5 nitrogen and oxygen atoms in total. The molecule has 1 N–H and O–H groups in total. The van der Waals surface area contributed by atoms with Crippen molar-refractivity contribution >= 4 is 11.8 Å². The summed E-state index contributed by atoms with van der Waals surface area (Å²) in [6.45, 7) is -0.0629. The summed E-state index contributed by atoms with van der Waals surface area (Å²) in [6, 6.07) is 5.52. The van der Waals surface area contributed by atoms with Gasteiger partial charge in [0.15, 0.2) is 0 Å². The highest BCUT2D eigenvalue weighted by molar-refractivity contribution is 5.73. The molecule has 0 unspecified atom stereocenters. The maximum Gasteiger partial charge on any atom is 0.323 e. The van der Waals surface area contributed by atoms with Gasteiger partial charge in [-0.2, -0.15) is 5.26 Å². The second-order valence-electron chi connectivity index (χ2n) is 3.77. The van der Waals surface area contributed by atoms with Crippen LogP contribution in [0.5, 0.6) is 0 Å². The molecule has 0 radical (unpaired) electrons. The molecule has 1 aromatic rings. The van der Waals surface area contributed by atoms with E-state index >= 15 is 0 Å². The van der Waals surface area contributed by atoms with Gasteiger partial charge in [0.25, 0.3) is 0 Å². The van der Waals surface area contributed by atoms with Crippen molar-refractivity contribution in [3.63, 3.8) is 0 Å². The number of hydrogen-bond acceptors (Lipinski definition) is 4. The van der Waals surface area contributed by atoms with Crippen molar-refractivity contribution in [3.8, 4) is 6.07 Å². The van der Waals surface area contributed by atoms with Gasteiger partial charge in [-0.05, 0) is 25.0 Å². The van der Waals surface area contributed by atoms with Crippen LogP contribution >= 0.6 is 0 Å². The monoisotopic (exact) mass is 217 g/mol. The van der Waals surface area contributed by atoms with Crippen molar-refractivity contribution in [1.82, 2.24) is 4.98 Å². The van der Waals surface area contributed by atoms with Crippen LogP contribution in [0, 0.1) is 11.3 Å².